The number of nitrogens with one attached hydrogen (secondary N) is 1. The quantitative estimate of drug-likeness (QED) is 0.697. The molecule has 0 amide bonds. The molecule has 2 heteroatoms. The highest BCUT2D eigenvalue weighted by Crippen LogP contribution is 2.33. The molecule has 1 aromatic rings. The Balaban J connectivity index is 1.56. The van der Waals surface area contributed by atoms with Crippen LogP contribution in [0.2, 0.25) is 0 Å². The lowest BCUT2D eigenvalue weighted by atomic mass is 10.2. The number of thiophene rings is 1. The molecule has 2 rings (SSSR count). The highest BCUT2D eigenvalue weighted by Gasteiger charge is 2.19. The van der Waals surface area contributed by atoms with Gasteiger partial charge in [0.2, 0.25) is 0 Å². The van der Waals surface area contributed by atoms with Crippen LogP contribution in [0, 0.1) is 5.92 Å². The summed E-state index contributed by atoms with van der Waals surface area (Å²) in [4.78, 5) is 2.99. The highest BCUT2D eigenvalue weighted by molar-refractivity contribution is 7.11. The summed E-state index contributed by atoms with van der Waals surface area (Å²) < 4.78 is 0. The second-order valence-corrected chi connectivity index (χ2v) is 5.74. The van der Waals surface area contributed by atoms with Crippen molar-refractivity contribution < 1.29 is 0 Å². The van der Waals surface area contributed by atoms with Crippen LogP contribution in [0.1, 0.15) is 42.4 Å². The first-order chi connectivity index (χ1) is 7.38. The van der Waals surface area contributed by atoms with Crippen molar-refractivity contribution >= 4 is 11.3 Å². The van der Waals surface area contributed by atoms with Crippen LogP contribution < -0.4 is 5.32 Å². The third-order valence-electron chi connectivity index (χ3n) is 3.03. The van der Waals surface area contributed by atoms with Crippen LogP contribution in [0.15, 0.2) is 12.1 Å². The maximum Gasteiger partial charge on any atom is 0.0299 e. The number of rotatable bonds is 7. The minimum absolute atomic E-state index is 1.06. The standard InChI is InChI=1S/C13H21NS/c1-2-12-7-8-13(15-12)10-14-9-3-4-11-5-6-11/h7-8,11,14H,2-6,9-10H2,1H3. The number of hydrogen-bond donors (Lipinski definition) is 1. The molecule has 0 aromatic carbocycles. The molecule has 0 radical (unpaired) electrons. The van der Waals surface area contributed by atoms with Crippen LogP contribution in [0.4, 0.5) is 0 Å². The van der Waals surface area contributed by atoms with E-state index in [0.717, 1.165) is 12.5 Å². The fraction of sp³-hybridized carbons (Fsp3) is 0.692. The van der Waals surface area contributed by atoms with Gasteiger partial charge in [-0.3, -0.25) is 0 Å². The van der Waals surface area contributed by atoms with E-state index < -0.39 is 0 Å². The molecular weight excluding hydrogens is 202 g/mol. The predicted molar refractivity (Wildman–Crippen MR) is 67.4 cm³/mol. The summed E-state index contributed by atoms with van der Waals surface area (Å²) in [5.41, 5.74) is 0. The van der Waals surface area contributed by atoms with Gasteiger partial charge in [0.25, 0.3) is 0 Å². The number of hydrogen-bond acceptors (Lipinski definition) is 2. The van der Waals surface area contributed by atoms with Gasteiger partial charge in [0.15, 0.2) is 0 Å². The average Bonchev–Trinajstić information content (AvgIpc) is 2.96. The predicted octanol–water partition coefficient (Wildman–Crippen LogP) is 3.59. The van der Waals surface area contributed by atoms with Gasteiger partial charge in [0, 0.05) is 16.3 Å². The lowest BCUT2D eigenvalue weighted by Gasteiger charge is -2.01. The first-order valence-corrected chi connectivity index (χ1v) is 6.98. The Kier molecular flexibility index (Phi) is 4.21. The van der Waals surface area contributed by atoms with Gasteiger partial charge in [-0.2, -0.15) is 0 Å². The van der Waals surface area contributed by atoms with E-state index in [9.17, 15) is 0 Å². The van der Waals surface area contributed by atoms with Crippen molar-refractivity contribution in [2.75, 3.05) is 6.54 Å². The van der Waals surface area contributed by atoms with Gasteiger partial charge in [-0.15, -0.1) is 11.3 Å². The summed E-state index contributed by atoms with van der Waals surface area (Å²) in [6.45, 7) is 4.48. The molecule has 1 aliphatic carbocycles. The molecule has 0 atom stereocenters. The molecule has 1 fully saturated rings. The van der Waals surface area contributed by atoms with Crippen molar-refractivity contribution in [3.05, 3.63) is 21.9 Å². The lowest BCUT2D eigenvalue weighted by molar-refractivity contribution is 0.596. The Morgan fingerprint density at radius 3 is 2.80 bits per heavy atom. The third kappa shape index (κ3) is 3.96. The molecule has 0 saturated heterocycles. The van der Waals surface area contributed by atoms with E-state index in [1.165, 1.54) is 48.4 Å². The summed E-state index contributed by atoms with van der Waals surface area (Å²) in [5, 5.41) is 3.53. The zero-order valence-electron chi connectivity index (χ0n) is 9.59. The van der Waals surface area contributed by atoms with Crippen molar-refractivity contribution in [2.24, 2.45) is 5.92 Å². The van der Waals surface area contributed by atoms with Crippen molar-refractivity contribution in [3.63, 3.8) is 0 Å². The maximum atomic E-state index is 3.53. The zero-order chi connectivity index (χ0) is 10.5. The Morgan fingerprint density at radius 2 is 2.13 bits per heavy atom. The van der Waals surface area contributed by atoms with E-state index in [1.807, 2.05) is 11.3 Å². The average molecular weight is 223 g/mol. The fourth-order valence-corrected chi connectivity index (χ4v) is 2.77. The Labute approximate surface area is 96.9 Å². The molecule has 0 bridgehead atoms. The zero-order valence-corrected chi connectivity index (χ0v) is 10.4. The normalized spacial score (nSPS) is 15.8. The van der Waals surface area contributed by atoms with Gasteiger partial charge in [-0.25, -0.2) is 0 Å². The second-order valence-electron chi connectivity index (χ2n) is 4.48. The first kappa shape index (κ1) is 11.2. The van der Waals surface area contributed by atoms with Gasteiger partial charge >= 0.3 is 0 Å². The van der Waals surface area contributed by atoms with Crippen LogP contribution in [0.3, 0.4) is 0 Å². The van der Waals surface area contributed by atoms with E-state index >= 15 is 0 Å². The van der Waals surface area contributed by atoms with Gasteiger partial charge in [-0.05, 0) is 43.9 Å². The fourth-order valence-electron chi connectivity index (χ4n) is 1.84. The minimum atomic E-state index is 1.06. The third-order valence-corrected chi connectivity index (χ3v) is 4.26. The highest BCUT2D eigenvalue weighted by atomic mass is 32.1. The summed E-state index contributed by atoms with van der Waals surface area (Å²) in [5.74, 6) is 1.08. The smallest absolute Gasteiger partial charge is 0.0299 e. The van der Waals surface area contributed by atoms with Crippen molar-refractivity contribution in [2.45, 2.75) is 45.6 Å². The van der Waals surface area contributed by atoms with Crippen LogP contribution in [0.5, 0.6) is 0 Å². The van der Waals surface area contributed by atoms with Crippen LogP contribution in [0.25, 0.3) is 0 Å². The van der Waals surface area contributed by atoms with E-state index in [4.69, 9.17) is 0 Å². The minimum Gasteiger partial charge on any atom is -0.312 e. The topological polar surface area (TPSA) is 12.0 Å². The molecule has 0 spiro atoms. The Hall–Kier alpha value is -0.340. The van der Waals surface area contributed by atoms with E-state index in [2.05, 4.69) is 24.4 Å². The van der Waals surface area contributed by atoms with E-state index in [0.29, 0.717) is 0 Å². The maximum absolute atomic E-state index is 3.53. The SMILES string of the molecule is CCc1ccc(CNCCCC2CC2)s1. The molecule has 1 aliphatic rings. The van der Waals surface area contributed by atoms with Gasteiger partial charge in [0.05, 0.1) is 0 Å². The van der Waals surface area contributed by atoms with Crippen molar-refractivity contribution in [3.8, 4) is 0 Å². The molecule has 1 aromatic heterocycles. The van der Waals surface area contributed by atoms with Crippen molar-refractivity contribution in [1.29, 1.82) is 0 Å². The lowest BCUT2D eigenvalue weighted by Crippen LogP contribution is -2.13. The summed E-state index contributed by atoms with van der Waals surface area (Å²) >= 11 is 1.95. The largest absolute Gasteiger partial charge is 0.312 e. The van der Waals surface area contributed by atoms with Gasteiger partial charge in [-0.1, -0.05) is 19.8 Å². The molecule has 1 N–H and O–H groups in total. The summed E-state index contributed by atoms with van der Waals surface area (Å²) in [6.07, 6.45) is 6.95. The molecular formula is C13H21NS. The monoisotopic (exact) mass is 223 g/mol. The Morgan fingerprint density at radius 1 is 1.33 bits per heavy atom. The molecule has 1 saturated carbocycles. The molecule has 84 valence electrons. The van der Waals surface area contributed by atoms with Gasteiger partial charge in [0.1, 0.15) is 0 Å². The molecule has 15 heavy (non-hydrogen) atoms. The Bertz CT molecular complexity index is 288. The summed E-state index contributed by atoms with van der Waals surface area (Å²) in [6, 6.07) is 4.52. The van der Waals surface area contributed by atoms with Crippen LogP contribution in [-0.2, 0) is 13.0 Å². The molecule has 0 unspecified atom stereocenters. The van der Waals surface area contributed by atoms with E-state index in [1.54, 1.807) is 0 Å². The second kappa shape index (κ2) is 5.66. The molecule has 1 nitrogen and oxygen atoms in total. The van der Waals surface area contributed by atoms with Crippen LogP contribution in [-0.4, -0.2) is 6.54 Å². The molecule has 1 heterocycles. The van der Waals surface area contributed by atoms with Crippen LogP contribution >= 0.6 is 11.3 Å². The number of aryl methyl sites for hydroxylation is 1. The first-order valence-electron chi connectivity index (χ1n) is 6.16. The summed E-state index contributed by atoms with van der Waals surface area (Å²) in [7, 11) is 0. The van der Waals surface area contributed by atoms with Gasteiger partial charge < -0.3 is 5.32 Å². The van der Waals surface area contributed by atoms with E-state index in [-0.39, 0.29) is 0 Å². The molecule has 0 aliphatic heterocycles. The van der Waals surface area contributed by atoms with Crippen molar-refractivity contribution in [1.82, 2.24) is 5.32 Å².